The number of fused-ring (bicyclic) bond motifs is 15. The summed E-state index contributed by atoms with van der Waals surface area (Å²) in [5.41, 5.74) is 9.79. The summed E-state index contributed by atoms with van der Waals surface area (Å²) in [5, 5.41) is 7.44. The van der Waals surface area contributed by atoms with E-state index >= 15 is 0 Å². The van der Waals surface area contributed by atoms with Crippen molar-refractivity contribution in [1.29, 1.82) is 0 Å². The van der Waals surface area contributed by atoms with Crippen molar-refractivity contribution in [3.63, 3.8) is 0 Å². The Balaban J connectivity index is 0.000000119. The summed E-state index contributed by atoms with van der Waals surface area (Å²) in [7, 11) is 1.66. The van der Waals surface area contributed by atoms with Crippen molar-refractivity contribution in [1.82, 2.24) is 44.9 Å². The van der Waals surface area contributed by atoms with Gasteiger partial charge in [0.15, 0.2) is 5.65 Å². The van der Waals surface area contributed by atoms with Crippen LogP contribution in [0, 0.1) is 0 Å². The normalized spacial score (nSPS) is 11.2. The molecular formula is C45H29N9ORu+2. The Morgan fingerprint density at radius 3 is 1.25 bits per heavy atom. The van der Waals surface area contributed by atoms with Crippen LogP contribution < -0.4 is 4.74 Å². The summed E-state index contributed by atoms with van der Waals surface area (Å²) in [5.74, 6) is 0.791. The van der Waals surface area contributed by atoms with Gasteiger partial charge in [-0.25, -0.2) is 9.97 Å². The number of hydrogen-bond acceptors (Lipinski definition) is 9. The third kappa shape index (κ3) is 6.04. The molecule has 10 nitrogen and oxygen atoms in total. The van der Waals surface area contributed by atoms with E-state index in [1.165, 1.54) is 0 Å². The van der Waals surface area contributed by atoms with Crippen LogP contribution in [0.4, 0.5) is 0 Å². The molecule has 0 aliphatic carbocycles. The Kier molecular flexibility index (Phi) is 9.05. The van der Waals surface area contributed by atoms with Gasteiger partial charge in [0.2, 0.25) is 0 Å². The monoisotopic (exact) mass is 813 g/mol. The molecule has 8 heterocycles. The predicted octanol–water partition coefficient (Wildman–Crippen LogP) is 9.93. The second-order valence-electron chi connectivity index (χ2n) is 12.9. The van der Waals surface area contributed by atoms with Crippen molar-refractivity contribution in [3.8, 4) is 5.75 Å². The van der Waals surface area contributed by atoms with E-state index in [1.807, 2.05) is 66.7 Å². The molecule has 0 unspecified atom stereocenters. The Morgan fingerprint density at radius 1 is 0.393 bits per heavy atom. The van der Waals surface area contributed by atoms with Gasteiger partial charge in [0, 0.05) is 80.4 Å². The summed E-state index contributed by atoms with van der Waals surface area (Å²) >= 11 is 0. The number of pyridine rings is 6. The van der Waals surface area contributed by atoms with Crippen LogP contribution in [-0.2, 0) is 19.5 Å². The van der Waals surface area contributed by atoms with Crippen LogP contribution in [-0.4, -0.2) is 52.0 Å². The zero-order chi connectivity index (χ0) is 36.7. The molecule has 0 radical (unpaired) electrons. The van der Waals surface area contributed by atoms with Gasteiger partial charge in [-0.15, -0.1) is 0 Å². The van der Waals surface area contributed by atoms with Crippen LogP contribution in [0.25, 0.3) is 98.5 Å². The third-order valence-corrected chi connectivity index (χ3v) is 9.67. The first-order valence-electron chi connectivity index (χ1n) is 17.7. The van der Waals surface area contributed by atoms with Gasteiger partial charge in [0.05, 0.1) is 45.7 Å². The fourth-order valence-electron chi connectivity index (χ4n) is 7.10. The molecule has 0 aliphatic heterocycles. The smallest absolute Gasteiger partial charge is 0.497 e. The van der Waals surface area contributed by atoms with E-state index in [4.69, 9.17) is 14.7 Å². The van der Waals surface area contributed by atoms with Crippen molar-refractivity contribution in [2.45, 2.75) is 0 Å². The van der Waals surface area contributed by atoms with Gasteiger partial charge in [-0.1, -0.05) is 48.5 Å². The molecule has 0 fully saturated rings. The molecule has 12 aromatic rings. The molecule has 0 atom stereocenters. The number of ether oxygens (including phenoxy) is 1. The van der Waals surface area contributed by atoms with Crippen LogP contribution in [0.1, 0.15) is 0 Å². The first-order chi connectivity index (χ1) is 27.2. The third-order valence-electron chi connectivity index (χ3n) is 9.67. The van der Waals surface area contributed by atoms with Gasteiger partial charge in [-0.3, -0.25) is 29.9 Å². The first kappa shape index (κ1) is 34.7. The van der Waals surface area contributed by atoms with Gasteiger partial charge in [-0.05, 0) is 66.7 Å². The Morgan fingerprint density at radius 2 is 0.804 bits per heavy atom. The molecule has 0 bridgehead atoms. The maximum Gasteiger partial charge on any atom is 2.00 e. The first-order valence-corrected chi connectivity index (χ1v) is 17.7. The summed E-state index contributed by atoms with van der Waals surface area (Å²) in [6, 6.07) is 38.0. The summed E-state index contributed by atoms with van der Waals surface area (Å²) in [6.07, 6.45) is 10.8. The molecule has 0 spiro atoms. The van der Waals surface area contributed by atoms with E-state index < -0.39 is 0 Å². The Hall–Kier alpha value is -7.10. The van der Waals surface area contributed by atoms with Crippen LogP contribution in [0.2, 0.25) is 0 Å². The van der Waals surface area contributed by atoms with E-state index in [1.54, 1.807) is 44.3 Å². The minimum Gasteiger partial charge on any atom is -0.497 e. The fraction of sp³-hybridized carbons (Fsp3) is 0.0222. The van der Waals surface area contributed by atoms with E-state index in [0.29, 0.717) is 0 Å². The predicted molar refractivity (Wildman–Crippen MR) is 220 cm³/mol. The van der Waals surface area contributed by atoms with E-state index in [2.05, 4.69) is 83.4 Å². The average Bonchev–Trinajstić information content (AvgIpc) is 3.63. The van der Waals surface area contributed by atoms with Gasteiger partial charge in [-0.2, -0.15) is 0 Å². The van der Waals surface area contributed by atoms with E-state index in [9.17, 15) is 0 Å². The van der Waals surface area contributed by atoms with Gasteiger partial charge >= 0.3 is 19.5 Å². The van der Waals surface area contributed by atoms with Crippen molar-refractivity contribution < 1.29 is 24.2 Å². The largest absolute Gasteiger partial charge is 2.00 e. The number of nitrogens with zero attached hydrogens (tertiary/aromatic N) is 8. The van der Waals surface area contributed by atoms with Crippen LogP contribution in [0.5, 0.6) is 5.75 Å². The average molecular weight is 813 g/mol. The fourth-order valence-corrected chi connectivity index (χ4v) is 7.10. The summed E-state index contributed by atoms with van der Waals surface area (Å²) < 4.78 is 5.38. The Labute approximate surface area is 331 Å². The minimum atomic E-state index is 0. The molecule has 266 valence electrons. The van der Waals surface area contributed by atoms with Gasteiger partial charge in [0.25, 0.3) is 0 Å². The van der Waals surface area contributed by atoms with Crippen LogP contribution in [0.3, 0.4) is 0 Å². The molecule has 4 aromatic carbocycles. The molecule has 12 rings (SSSR count). The molecule has 0 aliphatic rings. The van der Waals surface area contributed by atoms with Gasteiger partial charge in [0.1, 0.15) is 16.8 Å². The number of nitrogens with one attached hydrogen (secondary N) is 1. The zero-order valence-corrected chi connectivity index (χ0v) is 31.5. The topological polar surface area (TPSA) is 128 Å². The number of aromatic nitrogens is 9. The van der Waals surface area contributed by atoms with E-state index in [-0.39, 0.29) is 19.5 Å². The summed E-state index contributed by atoms with van der Waals surface area (Å²) in [4.78, 5) is 39.8. The van der Waals surface area contributed by atoms with E-state index in [0.717, 1.165) is 104 Å². The van der Waals surface area contributed by atoms with Crippen molar-refractivity contribution in [2.24, 2.45) is 0 Å². The molecule has 8 aromatic heterocycles. The maximum absolute atomic E-state index is 5.38. The molecule has 0 saturated carbocycles. The molecule has 11 heteroatoms. The number of benzene rings is 4. The summed E-state index contributed by atoms with van der Waals surface area (Å²) in [6.45, 7) is 0. The molecule has 0 saturated heterocycles. The minimum absolute atomic E-state index is 0. The maximum atomic E-state index is 5.38. The van der Waals surface area contributed by atoms with Crippen LogP contribution >= 0.6 is 0 Å². The molecular weight excluding hydrogens is 784 g/mol. The number of aromatic amines is 1. The second-order valence-corrected chi connectivity index (χ2v) is 12.9. The standard InChI is InChI=1S/C21H13N5O.2C12H8N2.Ru/c1-27-11-6-7-15-14(10-11)20-21(24-15)26-19-13-5-3-9-23-17(13)16-12(18(19)25-20)4-2-8-22-16;2*1-3-9-5-6-10-4-2-8-14-12(10)11(9)13-7-1;/h2-10H,1H3,(H,24,26);2*1-8H;/q;;;+2. The second kappa shape index (κ2) is 14.6. The van der Waals surface area contributed by atoms with Crippen LogP contribution in [0.15, 0.2) is 152 Å². The van der Waals surface area contributed by atoms with Gasteiger partial charge < -0.3 is 9.72 Å². The molecule has 56 heavy (non-hydrogen) atoms. The SMILES string of the molecule is COc1ccc2[nH]c3nc4c5cccnc5c5ncccc5c4nc3c2c1.[Ru+2].c1cnc2c(c1)ccc1cccnc12.c1cnc2c(c1)ccc1cccnc12. The quantitative estimate of drug-likeness (QED) is 0.127. The number of rotatable bonds is 1. The number of hydrogen-bond donors (Lipinski definition) is 1. The molecule has 0 amide bonds. The van der Waals surface area contributed by atoms with Crippen molar-refractivity contribution >= 4 is 98.5 Å². The number of methoxy groups -OCH3 is 1. The number of H-pyrrole nitrogens is 1. The van der Waals surface area contributed by atoms with Crippen molar-refractivity contribution in [3.05, 3.63) is 152 Å². The Bertz CT molecular complexity index is 3190. The molecule has 1 N–H and O–H groups in total. The van der Waals surface area contributed by atoms with Crippen molar-refractivity contribution in [2.75, 3.05) is 7.11 Å². The zero-order valence-electron chi connectivity index (χ0n) is 29.8.